The molecule has 1 aromatic rings. The van der Waals surface area contributed by atoms with Crippen molar-refractivity contribution < 1.29 is 14.6 Å². The van der Waals surface area contributed by atoms with Crippen molar-refractivity contribution >= 4 is 0 Å². The highest BCUT2D eigenvalue weighted by atomic mass is 16.5. The molecule has 0 saturated heterocycles. The lowest BCUT2D eigenvalue weighted by Crippen LogP contribution is -2.41. The minimum absolute atomic E-state index is 0.105. The van der Waals surface area contributed by atoms with Gasteiger partial charge in [-0.2, -0.15) is 0 Å². The number of hydrogen-bond acceptors (Lipinski definition) is 3. The molecule has 0 radical (unpaired) electrons. The zero-order chi connectivity index (χ0) is 15.3. The summed E-state index contributed by atoms with van der Waals surface area (Å²) in [5, 5.41) is 10.6. The van der Waals surface area contributed by atoms with Crippen LogP contribution in [-0.4, -0.2) is 31.0 Å². The van der Waals surface area contributed by atoms with Gasteiger partial charge in [0.2, 0.25) is 0 Å². The third-order valence-corrected chi connectivity index (χ3v) is 3.41. The lowest BCUT2D eigenvalue weighted by atomic mass is 9.83. The molecule has 1 N–H and O–H groups in total. The van der Waals surface area contributed by atoms with E-state index in [4.69, 9.17) is 9.47 Å². The third-order valence-electron chi connectivity index (χ3n) is 3.41. The molecule has 0 aliphatic carbocycles. The van der Waals surface area contributed by atoms with Gasteiger partial charge in [-0.15, -0.1) is 0 Å². The maximum absolute atomic E-state index is 10.6. The average molecular weight is 280 g/mol. The number of hydrogen-bond donors (Lipinski definition) is 1. The van der Waals surface area contributed by atoms with Crippen molar-refractivity contribution in [1.82, 2.24) is 0 Å². The number of ether oxygens (including phenoxy) is 2. The Morgan fingerprint density at radius 1 is 1.25 bits per heavy atom. The maximum atomic E-state index is 10.6. The van der Waals surface area contributed by atoms with Crippen LogP contribution in [0.25, 0.3) is 0 Å². The van der Waals surface area contributed by atoms with Crippen molar-refractivity contribution in [2.45, 2.75) is 53.2 Å². The molecule has 0 amide bonds. The molecular weight excluding hydrogens is 252 g/mol. The molecule has 0 fully saturated rings. The standard InChI is InChI=1S/C17H28O3/c1-7-20-16(17(3,4)5)14(18)11-13-10-12(2)8-9-15(13)19-6/h8-10,14,16,18H,7,11H2,1-6H3. The van der Waals surface area contributed by atoms with Gasteiger partial charge in [0.1, 0.15) is 5.75 Å². The monoisotopic (exact) mass is 280 g/mol. The van der Waals surface area contributed by atoms with Crippen LogP contribution in [0.5, 0.6) is 5.75 Å². The number of benzene rings is 1. The molecule has 20 heavy (non-hydrogen) atoms. The Kier molecular flexibility index (Phi) is 6.03. The molecule has 0 aromatic heterocycles. The molecule has 0 heterocycles. The highest BCUT2D eigenvalue weighted by Crippen LogP contribution is 2.29. The van der Waals surface area contributed by atoms with Gasteiger partial charge < -0.3 is 14.6 Å². The van der Waals surface area contributed by atoms with Gasteiger partial charge in [-0.1, -0.05) is 38.5 Å². The summed E-state index contributed by atoms with van der Waals surface area (Å²) in [5.41, 5.74) is 2.08. The molecule has 0 spiro atoms. The minimum atomic E-state index is -0.550. The van der Waals surface area contributed by atoms with Crippen LogP contribution in [0, 0.1) is 12.3 Å². The number of rotatable bonds is 6. The number of aryl methyl sites for hydroxylation is 1. The lowest BCUT2D eigenvalue weighted by molar-refractivity contribution is -0.0874. The van der Waals surface area contributed by atoms with E-state index in [1.807, 2.05) is 26.0 Å². The maximum Gasteiger partial charge on any atom is 0.122 e. The van der Waals surface area contributed by atoms with E-state index >= 15 is 0 Å². The second kappa shape index (κ2) is 7.09. The van der Waals surface area contributed by atoms with E-state index in [1.54, 1.807) is 7.11 Å². The van der Waals surface area contributed by atoms with Crippen LogP contribution in [0.15, 0.2) is 18.2 Å². The first-order valence-electron chi connectivity index (χ1n) is 7.22. The van der Waals surface area contributed by atoms with Crippen molar-refractivity contribution in [3.05, 3.63) is 29.3 Å². The van der Waals surface area contributed by atoms with Crippen molar-refractivity contribution in [2.24, 2.45) is 5.41 Å². The predicted octanol–water partition coefficient (Wildman–Crippen LogP) is 3.36. The van der Waals surface area contributed by atoms with Crippen LogP contribution in [0.4, 0.5) is 0 Å². The molecule has 2 atom stereocenters. The van der Waals surface area contributed by atoms with Gasteiger partial charge >= 0.3 is 0 Å². The molecule has 2 unspecified atom stereocenters. The van der Waals surface area contributed by atoms with Crippen LogP contribution in [0.1, 0.15) is 38.8 Å². The Labute approximate surface area is 122 Å². The quantitative estimate of drug-likeness (QED) is 0.868. The number of aliphatic hydroxyl groups is 1. The Morgan fingerprint density at radius 3 is 2.40 bits per heavy atom. The summed E-state index contributed by atoms with van der Waals surface area (Å²) >= 11 is 0. The van der Waals surface area contributed by atoms with Gasteiger partial charge in [-0.3, -0.25) is 0 Å². The Hall–Kier alpha value is -1.06. The summed E-state index contributed by atoms with van der Waals surface area (Å²) < 4.78 is 11.1. The zero-order valence-corrected chi connectivity index (χ0v) is 13.6. The van der Waals surface area contributed by atoms with Gasteiger partial charge in [0.25, 0.3) is 0 Å². The fourth-order valence-electron chi connectivity index (χ4n) is 2.52. The molecule has 114 valence electrons. The Balaban J connectivity index is 2.93. The number of methoxy groups -OCH3 is 1. The van der Waals surface area contributed by atoms with Crippen molar-refractivity contribution in [3.8, 4) is 5.75 Å². The summed E-state index contributed by atoms with van der Waals surface area (Å²) in [7, 11) is 1.66. The second-order valence-corrected chi connectivity index (χ2v) is 6.33. The van der Waals surface area contributed by atoms with Gasteiger partial charge in [-0.25, -0.2) is 0 Å². The molecule has 1 rings (SSSR count). The molecule has 1 aromatic carbocycles. The highest BCUT2D eigenvalue weighted by molar-refractivity contribution is 5.37. The minimum Gasteiger partial charge on any atom is -0.496 e. The van der Waals surface area contributed by atoms with E-state index in [9.17, 15) is 5.11 Å². The van der Waals surface area contributed by atoms with Crippen LogP contribution >= 0.6 is 0 Å². The third kappa shape index (κ3) is 4.50. The van der Waals surface area contributed by atoms with E-state index in [-0.39, 0.29) is 11.5 Å². The molecule has 0 bridgehead atoms. The van der Waals surface area contributed by atoms with E-state index in [0.29, 0.717) is 13.0 Å². The number of aliphatic hydroxyl groups excluding tert-OH is 1. The fraction of sp³-hybridized carbons (Fsp3) is 0.647. The van der Waals surface area contributed by atoms with E-state index in [0.717, 1.165) is 16.9 Å². The first-order valence-corrected chi connectivity index (χ1v) is 7.22. The molecule has 3 heteroatoms. The highest BCUT2D eigenvalue weighted by Gasteiger charge is 2.32. The summed E-state index contributed by atoms with van der Waals surface area (Å²) in [6, 6.07) is 6.02. The average Bonchev–Trinajstić information content (AvgIpc) is 2.34. The Bertz CT molecular complexity index is 421. The molecular formula is C17H28O3. The zero-order valence-electron chi connectivity index (χ0n) is 13.6. The van der Waals surface area contributed by atoms with Gasteiger partial charge in [0.15, 0.2) is 0 Å². The predicted molar refractivity (Wildman–Crippen MR) is 82.3 cm³/mol. The van der Waals surface area contributed by atoms with E-state index in [2.05, 4.69) is 26.8 Å². The van der Waals surface area contributed by atoms with Gasteiger partial charge in [0, 0.05) is 13.0 Å². The largest absolute Gasteiger partial charge is 0.496 e. The molecule has 3 nitrogen and oxygen atoms in total. The van der Waals surface area contributed by atoms with E-state index < -0.39 is 6.10 Å². The smallest absolute Gasteiger partial charge is 0.122 e. The van der Waals surface area contributed by atoms with Gasteiger partial charge in [0.05, 0.1) is 19.3 Å². The summed E-state index contributed by atoms with van der Waals surface area (Å²) in [6.45, 7) is 10.9. The SMILES string of the molecule is CCOC(C(O)Cc1cc(C)ccc1OC)C(C)(C)C. The first kappa shape index (κ1) is 17.0. The lowest BCUT2D eigenvalue weighted by Gasteiger charge is -2.34. The van der Waals surface area contributed by atoms with Gasteiger partial charge in [-0.05, 0) is 30.9 Å². The van der Waals surface area contributed by atoms with Crippen molar-refractivity contribution in [2.75, 3.05) is 13.7 Å². The van der Waals surface area contributed by atoms with Crippen LogP contribution in [0.2, 0.25) is 0 Å². The topological polar surface area (TPSA) is 38.7 Å². The second-order valence-electron chi connectivity index (χ2n) is 6.33. The first-order chi connectivity index (χ1) is 9.29. The summed E-state index contributed by atoms with van der Waals surface area (Å²) in [6.07, 6.45) is -0.212. The van der Waals surface area contributed by atoms with Crippen LogP contribution < -0.4 is 4.74 Å². The normalized spacial score (nSPS) is 14.9. The molecule has 0 saturated carbocycles. The van der Waals surface area contributed by atoms with Crippen molar-refractivity contribution in [3.63, 3.8) is 0 Å². The molecule has 0 aliphatic rings. The van der Waals surface area contributed by atoms with Crippen molar-refractivity contribution in [1.29, 1.82) is 0 Å². The fourth-order valence-corrected chi connectivity index (χ4v) is 2.52. The van der Waals surface area contributed by atoms with Crippen LogP contribution in [0.3, 0.4) is 0 Å². The van der Waals surface area contributed by atoms with E-state index in [1.165, 1.54) is 0 Å². The Morgan fingerprint density at radius 2 is 1.90 bits per heavy atom. The summed E-state index contributed by atoms with van der Waals surface area (Å²) in [5.74, 6) is 0.818. The summed E-state index contributed by atoms with van der Waals surface area (Å²) in [4.78, 5) is 0. The van der Waals surface area contributed by atoms with Crippen LogP contribution in [-0.2, 0) is 11.2 Å². The molecule has 0 aliphatic heterocycles.